The standard InChI is InChI=1S/C18H16BrN5O2/c1-10-17-12(11-5-3-4-6-13(11)19)9-15(25)20-18(17)24(23-10)14-7-8-16(26-2)22-21-14/h3-8,12H,9H2,1-2H3,(H,20,25)/t12-/m0/s1. The van der Waals surface area contributed by atoms with Gasteiger partial charge in [-0.3, -0.25) is 4.79 Å². The van der Waals surface area contributed by atoms with Crippen LogP contribution in [0.25, 0.3) is 5.82 Å². The molecule has 1 aliphatic heterocycles. The molecule has 1 atom stereocenters. The van der Waals surface area contributed by atoms with Crippen LogP contribution in [0, 0.1) is 6.92 Å². The van der Waals surface area contributed by atoms with Crippen LogP contribution in [0.1, 0.15) is 29.2 Å². The van der Waals surface area contributed by atoms with Gasteiger partial charge in [0.05, 0.1) is 12.8 Å². The number of benzene rings is 1. The molecular formula is C18H16BrN5O2. The Kier molecular flexibility index (Phi) is 4.20. The van der Waals surface area contributed by atoms with Gasteiger partial charge in [-0.15, -0.1) is 10.2 Å². The van der Waals surface area contributed by atoms with Gasteiger partial charge < -0.3 is 10.1 Å². The molecule has 7 nitrogen and oxygen atoms in total. The molecule has 0 saturated heterocycles. The van der Waals surface area contributed by atoms with Crippen molar-refractivity contribution in [2.45, 2.75) is 19.3 Å². The number of aromatic nitrogens is 4. The molecule has 0 radical (unpaired) electrons. The number of carbonyl (C=O) groups is 1. The smallest absolute Gasteiger partial charge is 0.233 e. The molecule has 0 aliphatic carbocycles. The molecule has 4 rings (SSSR count). The maximum absolute atomic E-state index is 12.4. The number of ether oxygens (including phenoxy) is 1. The Bertz CT molecular complexity index is 984. The van der Waals surface area contributed by atoms with Crippen molar-refractivity contribution < 1.29 is 9.53 Å². The predicted octanol–water partition coefficient (Wildman–Crippen LogP) is 3.22. The number of hydrogen-bond acceptors (Lipinski definition) is 5. The van der Waals surface area contributed by atoms with Crippen LogP contribution in [0.15, 0.2) is 40.9 Å². The van der Waals surface area contributed by atoms with Crippen molar-refractivity contribution in [3.05, 3.63) is 57.7 Å². The van der Waals surface area contributed by atoms with E-state index in [-0.39, 0.29) is 11.8 Å². The van der Waals surface area contributed by atoms with Crippen molar-refractivity contribution in [1.29, 1.82) is 0 Å². The van der Waals surface area contributed by atoms with Gasteiger partial charge in [0.25, 0.3) is 0 Å². The van der Waals surface area contributed by atoms with Crippen LogP contribution < -0.4 is 10.1 Å². The molecule has 3 aromatic rings. The zero-order valence-electron chi connectivity index (χ0n) is 14.2. The van der Waals surface area contributed by atoms with E-state index in [0.717, 1.165) is 21.3 Å². The van der Waals surface area contributed by atoms with Crippen LogP contribution in [0.3, 0.4) is 0 Å². The third-order valence-corrected chi connectivity index (χ3v) is 5.16. The van der Waals surface area contributed by atoms with Crippen LogP contribution in [-0.4, -0.2) is 33.0 Å². The molecule has 0 bridgehead atoms. The summed E-state index contributed by atoms with van der Waals surface area (Å²) in [6.07, 6.45) is 0.371. The lowest BCUT2D eigenvalue weighted by molar-refractivity contribution is -0.116. The van der Waals surface area contributed by atoms with E-state index in [0.29, 0.717) is 23.9 Å². The highest BCUT2D eigenvalue weighted by Gasteiger charge is 2.33. The van der Waals surface area contributed by atoms with Gasteiger partial charge in [-0.2, -0.15) is 9.78 Å². The Morgan fingerprint density at radius 1 is 1.23 bits per heavy atom. The summed E-state index contributed by atoms with van der Waals surface area (Å²) in [4.78, 5) is 12.4. The number of anilines is 1. The number of fused-ring (bicyclic) bond motifs is 1. The van der Waals surface area contributed by atoms with E-state index in [4.69, 9.17) is 4.74 Å². The number of methoxy groups -OCH3 is 1. The number of aryl methyl sites for hydroxylation is 1. The van der Waals surface area contributed by atoms with Crippen LogP contribution in [0.2, 0.25) is 0 Å². The Labute approximate surface area is 158 Å². The fourth-order valence-electron chi connectivity index (χ4n) is 3.27. The summed E-state index contributed by atoms with van der Waals surface area (Å²) in [5, 5.41) is 15.7. The van der Waals surface area contributed by atoms with Crippen LogP contribution >= 0.6 is 15.9 Å². The Balaban J connectivity index is 1.86. The second-order valence-electron chi connectivity index (χ2n) is 6.02. The van der Waals surface area contributed by atoms with Crippen molar-refractivity contribution >= 4 is 27.7 Å². The Morgan fingerprint density at radius 3 is 2.73 bits per heavy atom. The van der Waals surface area contributed by atoms with Crippen molar-refractivity contribution in [1.82, 2.24) is 20.0 Å². The van der Waals surface area contributed by atoms with Crippen molar-refractivity contribution in [2.75, 3.05) is 12.4 Å². The first-order valence-corrected chi connectivity index (χ1v) is 8.89. The summed E-state index contributed by atoms with van der Waals surface area (Å²) in [5.74, 6) is 1.44. The van der Waals surface area contributed by atoms with E-state index in [1.807, 2.05) is 31.2 Å². The van der Waals surface area contributed by atoms with E-state index in [9.17, 15) is 4.79 Å². The van der Waals surface area contributed by atoms with Crippen molar-refractivity contribution in [3.63, 3.8) is 0 Å². The maximum atomic E-state index is 12.4. The highest BCUT2D eigenvalue weighted by Crippen LogP contribution is 2.42. The SMILES string of the molecule is COc1ccc(-n2nc(C)c3c2NC(=O)C[C@H]3c2ccccc2Br)nn1. The quantitative estimate of drug-likeness (QED) is 0.712. The van der Waals surface area contributed by atoms with Crippen molar-refractivity contribution in [2.24, 2.45) is 0 Å². The molecule has 0 fully saturated rings. The van der Waals surface area contributed by atoms with E-state index in [1.54, 1.807) is 16.8 Å². The van der Waals surface area contributed by atoms with Gasteiger partial charge in [0.1, 0.15) is 5.82 Å². The van der Waals surface area contributed by atoms with E-state index < -0.39 is 0 Å². The fraction of sp³-hybridized carbons (Fsp3) is 0.222. The number of hydrogen-bond donors (Lipinski definition) is 1. The largest absolute Gasteiger partial charge is 0.480 e. The van der Waals surface area contributed by atoms with E-state index in [2.05, 4.69) is 36.5 Å². The zero-order chi connectivity index (χ0) is 18.3. The van der Waals surface area contributed by atoms with Crippen LogP contribution in [-0.2, 0) is 4.79 Å². The minimum atomic E-state index is -0.0747. The molecule has 1 amide bonds. The summed E-state index contributed by atoms with van der Waals surface area (Å²) in [6.45, 7) is 1.94. The lowest BCUT2D eigenvalue weighted by Gasteiger charge is -2.25. The molecule has 8 heteroatoms. The normalized spacial score (nSPS) is 16.1. The van der Waals surface area contributed by atoms with Gasteiger partial charge in [0.15, 0.2) is 5.82 Å². The molecule has 2 aromatic heterocycles. The molecule has 1 aromatic carbocycles. The number of rotatable bonds is 3. The Hall–Kier alpha value is -2.74. The molecule has 0 saturated carbocycles. The minimum absolute atomic E-state index is 0.0547. The summed E-state index contributed by atoms with van der Waals surface area (Å²) in [7, 11) is 1.53. The average Bonchev–Trinajstić information content (AvgIpc) is 2.98. The first kappa shape index (κ1) is 16.7. The van der Waals surface area contributed by atoms with Gasteiger partial charge in [-0.25, -0.2) is 0 Å². The third kappa shape index (κ3) is 2.76. The second kappa shape index (κ2) is 6.53. The maximum Gasteiger partial charge on any atom is 0.233 e. The summed E-state index contributed by atoms with van der Waals surface area (Å²) < 4.78 is 7.65. The third-order valence-electron chi connectivity index (χ3n) is 4.44. The fourth-order valence-corrected chi connectivity index (χ4v) is 3.83. The summed E-state index contributed by atoms with van der Waals surface area (Å²) in [5.41, 5.74) is 2.90. The lowest BCUT2D eigenvalue weighted by atomic mass is 9.86. The average molecular weight is 414 g/mol. The van der Waals surface area contributed by atoms with E-state index in [1.165, 1.54) is 7.11 Å². The Morgan fingerprint density at radius 2 is 2.04 bits per heavy atom. The van der Waals surface area contributed by atoms with Crippen molar-refractivity contribution in [3.8, 4) is 11.7 Å². The van der Waals surface area contributed by atoms with Gasteiger partial charge in [0.2, 0.25) is 11.8 Å². The number of halogens is 1. The molecular weight excluding hydrogens is 398 g/mol. The summed E-state index contributed by atoms with van der Waals surface area (Å²) in [6, 6.07) is 11.4. The summed E-state index contributed by atoms with van der Waals surface area (Å²) >= 11 is 3.60. The predicted molar refractivity (Wildman–Crippen MR) is 99.7 cm³/mol. The van der Waals surface area contributed by atoms with Gasteiger partial charge in [0, 0.05) is 28.4 Å². The number of nitrogens with zero attached hydrogens (tertiary/aromatic N) is 4. The van der Waals surface area contributed by atoms with Crippen LogP contribution in [0.5, 0.6) is 5.88 Å². The highest BCUT2D eigenvalue weighted by molar-refractivity contribution is 9.10. The monoisotopic (exact) mass is 413 g/mol. The van der Waals surface area contributed by atoms with Gasteiger partial charge in [-0.05, 0) is 24.6 Å². The first-order chi connectivity index (χ1) is 12.6. The van der Waals surface area contributed by atoms with E-state index >= 15 is 0 Å². The van der Waals surface area contributed by atoms with Gasteiger partial charge >= 0.3 is 0 Å². The lowest BCUT2D eigenvalue weighted by Crippen LogP contribution is -2.25. The zero-order valence-corrected chi connectivity index (χ0v) is 15.8. The van der Waals surface area contributed by atoms with Gasteiger partial charge in [-0.1, -0.05) is 34.1 Å². The molecule has 26 heavy (non-hydrogen) atoms. The second-order valence-corrected chi connectivity index (χ2v) is 6.87. The minimum Gasteiger partial charge on any atom is -0.480 e. The number of amides is 1. The number of carbonyl (C=O) groups excluding carboxylic acids is 1. The first-order valence-electron chi connectivity index (χ1n) is 8.10. The molecule has 3 heterocycles. The molecule has 1 aliphatic rings. The topological polar surface area (TPSA) is 81.9 Å². The molecule has 0 spiro atoms. The molecule has 132 valence electrons. The highest BCUT2D eigenvalue weighted by atomic mass is 79.9. The number of nitrogens with one attached hydrogen (secondary N) is 1. The molecule has 0 unspecified atom stereocenters. The molecule has 1 N–H and O–H groups in total. The van der Waals surface area contributed by atoms with Crippen LogP contribution in [0.4, 0.5) is 5.82 Å².